The minimum atomic E-state index is 0.129. The van der Waals surface area contributed by atoms with Crippen molar-refractivity contribution in [2.75, 3.05) is 0 Å². The lowest BCUT2D eigenvalue weighted by atomic mass is 9.87. The first kappa shape index (κ1) is 15.8. The lowest BCUT2D eigenvalue weighted by Gasteiger charge is -2.18. The summed E-state index contributed by atoms with van der Waals surface area (Å²) in [7, 11) is 0. The monoisotopic (exact) mass is 370 g/mol. The molecule has 0 radical (unpaired) electrons. The molecule has 0 bridgehead atoms. The maximum Gasteiger partial charge on any atom is 0.198 e. The normalized spacial score (nSPS) is 12.3. The quantitative estimate of drug-likeness (QED) is 0.559. The number of aromatic nitrogens is 1. The fourth-order valence-corrected chi connectivity index (χ4v) is 2.85. The Morgan fingerprint density at radius 1 is 1.09 bits per heavy atom. The van der Waals surface area contributed by atoms with Crippen molar-refractivity contribution in [3.8, 4) is 5.88 Å². The first-order chi connectivity index (χ1) is 10.8. The van der Waals surface area contributed by atoms with Gasteiger partial charge < -0.3 is 10.1 Å². The van der Waals surface area contributed by atoms with Crippen LogP contribution in [0.1, 0.15) is 31.9 Å². The van der Waals surface area contributed by atoms with Crippen molar-refractivity contribution in [1.82, 2.24) is 4.98 Å². The maximum atomic E-state index is 10.1. The number of rotatable bonds is 2. The van der Waals surface area contributed by atoms with Crippen LogP contribution in [0.15, 0.2) is 51.9 Å². The molecule has 0 atom stereocenters. The Bertz CT molecular complexity index is 871. The zero-order valence-corrected chi connectivity index (χ0v) is 15.0. The highest BCUT2D eigenvalue weighted by Crippen LogP contribution is 2.29. The Morgan fingerprint density at radius 3 is 2.43 bits per heavy atom. The van der Waals surface area contributed by atoms with Crippen LogP contribution in [-0.2, 0) is 5.41 Å². The van der Waals surface area contributed by atoms with Crippen LogP contribution in [-0.4, -0.2) is 16.3 Å². The predicted molar refractivity (Wildman–Crippen MR) is 100 cm³/mol. The van der Waals surface area contributed by atoms with Crippen LogP contribution in [0.3, 0.4) is 0 Å². The number of nitrogens with zero attached hydrogens (tertiary/aromatic N) is 1. The van der Waals surface area contributed by atoms with Gasteiger partial charge in [0.1, 0.15) is 0 Å². The Kier molecular flexibility index (Phi) is 4.02. The molecule has 1 aromatic heterocycles. The van der Waals surface area contributed by atoms with Crippen LogP contribution in [0.5, 0.6) is 5.88 Å². The van der Waals surface area contributed by atoms with E-state index in [-0.39, 0.29) is 11.3 Å². The summed E-state index contributed by atoms with van der Waals surface area (Å²) in [5.41, 5.74) is 3.84. The number of hydrogen-bond acceptors (Lipinski definition) is 2. The number of H-pyrrole nitrogens is 1. The highest BCUT2D eigenvalue weighted by atomic mass is 79.9. The molecule has 3 rings (SSSR count). The largest absolute Gasteiger partial charge is 0.494 e. The topological polar surface area (TPSA) is 48.4 Å². The number of nitrogens with one attached hydrogen (secondary N) is 1. The first-order valence-corrected chi connectivity index (χ1v) is 8.29. The van der Waals surface area contributed by atoms with Crippen molar-refractivity contribution in [3.63, 3.8) is 0 Å². The van der Waals surface area contributed by atoms with Gasteiger partial charge in [-0.3, -0.25) is 4.99 Å². The van der Waals surface area contributed by atoms with E-state index >= 15 is 0 Å². The molecular formula is C19H19BrN2O. The van der Waals surface area contributed by atoms with Gasteiger partial charge in [-0.25, -0.2) is 0 Å². The van der Waals surface area contributed by atoms with E-state index in [2.05, 4.69) is 58.8 Å². The standard InChI is InChI=1S/C19H19BrN2O/c1-19(2,3)12-4-7-14(8-5-12)21-11-16-15-10-13(20)6-9-17(15)22-18(16)23/h4-11,22-23H,1-3H3. The predicted octanol–water partition coefficient (Wildman–Crippen LogP) is 5.68. The molecule has 0 unspecified atom stereocenters. The molecule has 0 aliphatic rings. The van der Waals surface area contributed by atoms with Crippen LogP contribution >= 0.6 is 15.9 Å². The van der Waals surface area contributed by atoms with E-state index in [0.29, 0.717) is 5.56 Å². The highest BCUT2D eigenvalue weighted by molar-refractivity contribution is 9.10. The minimum Gasteiger partial charge on any atom is -0.494 e. The molecule has 2 aromatic carbocycles. The average molecular weight is 371 g/mol. The van der Waals surface area contributed by atoms with Crippen molar-refractivity contribution < 1.29 is 5.11 Å². The third-order valence-corrected chi connectivity index (χ3v) is 4.35. The molecule has 0 saturated carbocycles. The minimum absolute atomic E-state index is 0.129. The number of benzene rings is 2. The van der Waals surface area contributed by atoms with Gasteiger partial charge in [-0.2, -0.15) is 0 Å². The van der Waals surface area contributed by atoms with Crippen molar-refractivity contribution >= 4 is 38.7 Å². The molecule has 0 amide bonds. The molecule has 23 heavy (non-hydrogen) atoms. The molecule has 0 saturated heterocycles. The van der Waals surface area contributed by atoms with E-state index in [1.165, 1.54) is 5.56 Å². The second kappa shape index (κ2) is 5.85. The van der Waals surface area contributed by atoms with Crippen molar-refractivity contribution in [2.24, 2.45) is 4.99 Å². The van der Waals surface area contributed by atoms with Crippen LogP contribution in [0.25, 0.3) is 10.9 Å². The van der Waals surface area contributed by atoms with Gasteiger partial charge in [0.05, 0.1) is 11.3 Å². The van der Waals surface area contributed by atoms with E-state index in [1.807, 2.05) is 30.3 Å². The molecule has 1 heterocycles. The fourth-order valence-electron chi connectivity index (χ4n) is 2.49. The Balaban J connectivity index is 1.94. The number of hydrogen-bond donors (Lipinski definition) is 2. The van der Waals surface area contributed by atoms with Crippen LogP contribution in [0.2, 0.25) is 0 Å². The van der Waals surface area contributed by atoms with E-state index in [9.17, 15) is 5.11 Å². The molecule has 3 aromatic rings. The van der Waals surface area contributed by atoms with E-state index < -0.39 is 0 Å². The molecule has 118 valence electrons. The third-order valence-electron chi connectivity index (χ3n) is 3.86. The molecule has 0 fully saturated rings. The summed E-state index contributed by atoms with van der Waals surface area (Å²) in [4.78, 5) is 7.46. The Labute approximate surface area is 144 Å². The smallest absolute Gasteiger partial charge is 0.198 e. The maximum absolute atomic E-state index is 10.1. The second-order valence-electron chi connectivity index (χ2n) is 6.63. The molecule has 4 heteroatoms. The van der Waals surface area contributed by atoms with Gasteiger partial charge in [-0.1, -0.05) is 48.8 Å². The summed E-state index contributed by atoms with van der Waals surface area (Å²) in [6, 6.07) is 14.0. The number of halogens is 1. The SMILES string of the molecule is CC(C)(C)c1ccc(N=Cc2c(O)[nH]c3ccc(Br)cc23)cc1. The summed E-state index contributed by atoms with van der Waals surface area (Å²) >= 11 is 3.46. The lowest BCUT2D eigenvalue weighted by Crippen LogP contribution is -2.10. The summed E-state index contributed by atoms with van der Waals surface area (Å²) < 4.78 is 0.966. The molecule has 0 spiro atoms. The molecule has 3 nitrogen and oxygen atoms in total. The zero-order valence-electron chi connectivity index (χ0n) is 13.4. The average Bonchev–Trinajstić information content (AvgIpc) is 2.79. The van der Waals surface area contributed by atoms with Crippen LogP contribution < -0.4 is 0 Å². The van der Waals surface area contributed by atoms with Crippen LogP contribution in [0, 0.1) is 0 Å². The summed E-state index contributed by atoms with van der Waals surface area (Å²) in [5, 5.41) is 11.0. The van der Waals surface area contributed by atoms with Gasteiger partial charge >= 0.3 is 0 Å². The van der Waals surface area contributed by atoms with Gasteiger partial charge in [-0.05, 0) is 41.3 Å². The van der Waals surface area contributed by atoms with Gasteiger partial charge in [0, 0.05) is 21.6 Å². The van der Waals surface area contributed by atoms with Gasteiger partial charge in [0.15, 0.2) is 5.88 Å². The second-order valence-corrected chi connectivity index (χ2v) is 7.55. The molecule has 0 aliphatic heterocycles. The molecule has 0 aliphatic carbocycles. The van der Waals surface area contributed by atoms with E-state index in [1.54, 1.807) is 6.21 Å². The van der Waals surface area contributed by atoms with Crippen LogP contribution in [0.4, 0.5) is 5.69 Å². The summed E-state index contributed by atoms with van der Waals surface area (Å²) in [6.07, 6.45) is 1.70. The molecule has 2 N–H and O–H groups in total. The zero-order chi connectivity index (χ0) is 16.6. The van der Waals surface area contributed by atoms with Crippen molar-refractivity contribution in [2.45, 2.75) is 26.2 Å². The van der Waals surface area contributed by atoms with Gasteiger partial charge in [0.25, 0.3) is 0 Å². The van der Waals surface area contributed by atoms with E-state index in [4.69, 9.17) is 0 Å². The number of fused-ring (bicyclic) bond motifs is 1. The van der Waals surface area contributed by atoms with Crippen molar-refractivity contribution in [1.29, 1.82) is 0 Å². The summed E-state index contributed by atoms with van der Waals surface area (Å²) in [5.74, 6) is 0.133. The molecular weight excluding hydrogens is 352 g/mol. The van der Waals surface area contributed by atoms with Gasteiger partial charge in [-0.15, -0.1) is 0 Å². The lowest BCUT2D eigenvalue weighted by molar-refractivity contribution is 0.457. The number of aliphatic imine (C=N–C) groups is 1. The Hall–Kier alpha value is -2.07. The van der Waals surface area contributed by atoms with E-state index in [0.717, 1.165) is 21.1 Å². The fraction of sp³-hybridized carbons (Fsp3) is 0.211. The number of aromatic hydroxyl groups is 1. The van der Waals surface area contributed by atoms with Crippen molar-refractivity contribution in [3.05, 3.63) is 58.1 Å². The summed E-state index contributed by atoms with van der Waals surface area (Å²) in [6.45, 7) is 6.56. The number of aromatic amines is 1. The highest BCUT2D eigenvalue weighted by Gasteiger charge is 2.13. The Morgan fingerprint density at radius 2 is 1.78 bits per heavy atom. The first-order valence-electron chi connectivity index (χ1n) is 7.49. The third kappa shape index (κ3) is 3.32. The van der Waals surface area contributed by atoms with Gasteiger partial charge in [0.2, 0.25) is 0 Å².